The summed E-state index contributed by atoms with van der Waals surface area (Å²) in [4.78, 5) is 0. The molecule has 1 saturated carbocycles. The van der Waals surface area contributed by atoms with Gasteiger partial charge in [-0.05, 0) is 43.8 Å². The molecule has 0 heteroatoms. The van der Waals surface area contributed by atoms with Crippen LogP contribution in [0, 0.1) is 0 Å². The van der Waals surface area contributed by atoms with Gasteiger partial charge in [-0.15, -0.1) is 0 Å². The minimum atomic E-state index is 1.24. The summed E-state index contributed by atoms with van der Waals surface area (Å²) in [5, 5.41) is 0. The molecular formula is C14H24. The molecule has 0 aromatic rings. The Labute approximate surface area is 89.4 Å². The first kappa shape index (κ1) is 13.2. The smallest absolute Gasteiger partial charge is 0.0276 e. The van der Waals surface area contributed by atoms with Crippen molar-refractivity contribution >= 4 is 0 Å². The Morgan fingerprint density at radius 1 is 1.00 bits per heavy atom. The van der Waals surface area contributed by atoms with Gasteiger partial charge in [0.1, 0.15) is 0 Å². The highest BCUT2D eigenvalue weighted by atomic mass is 14.1. The van der Waals surface area contributed by atoms with E-state index in [1.165, 1.54) is 43.3 Å². The lowest BCUT2D eigenvalue weighted by Crippen LogP contribution is -1.85. The van der Waals surface area contributed by atoms with Crippen LogP contribution >= 0.6 is 0 Å². The van der Waals surface area contributed by atoms with Gasteiger partial charge in [0.25, 0.3) is 0 Å². The van der Waals surface area contributed by atoms with Gasteiger partial charge in [0, 0.05) is 0 Å². The Hall–Kier alpha value is -0.780. The lowest BCUT2D eigenvalue weighted by atomic mass is 10.0. The van der Waals surface area contributed by atoms with Crippen LogP contribution in [0.15, 0.2) is 36.0 Å². The number of allylic oxidation sites excluding steroid dienone is 5. The van der Waals surface area contributed by atoms with E-state index in [-0.39, 0.29) is 0 Å². The quantitative estimate of drug-likeness (QED) is 0.511. The first-order chi connectivity index (χ1) is 6.88. The summed E-state index contributed by atoms with van der Waals surface area (Å²) in [6.07, 6.45) is 12.9. The largest absolute Gasteiger partial charge is 0.0991 e. The first-order valence-corrected chi connectivity index (χ1v) is 5.85. The zero-order valence-corrected chi connectivity index (χ0v) is 9.97. The van der Waals surface area contributed by atoms with Crippen LogP contribution in [0.1, 0.15) is 52.9 Å². The molecule has 0 spiro atoms. The van der Waals surface area contributed by atoms with Crippen LogP contribution in [-0.4, -0.2) is 0 Å². The summed E-state index contributed by atoms with van der Waals surface area (Å²) in [5.41, 5.74) is 3.04. The first-order valence-electron chi connectivity index (χ1n) is 5.85. The molecule has 14 heavy (non-hydrogen) atoms. The summed E-state index contributed by atoms with van der Waals surface area (Å²) < 4.78 is 0. The summed E-state index contributed by atoms with van der Waals surface area (Å²) in [6, 6.07) is 0. The van der Waals surface area contributed by atoms with Crippen LogP contribution in [0.25, 0.3) is 0 Å². The van der Waals surface area contributed by atoms with E-state index in [2.05, 4.69) is 25.7 Å². The van der Waals surface area contributed by atoms with Crippen molar-refractivity contribution in [3.63, 3.8) is 0 Å². The van der Waals surface area contributed by atoms with Crippen molar-refractivity contribution in [1.82, 2.24) is 0 Å². The van der Waals surface area contributed by atoms with Crippen LogP contribution in [0.2, 0.25) is 0 Å². The SMILES string of the molecule is C=C/C=C1/CCCCC/C1=C/C.CC. The zero-order chi connectivity index (χ0) is 10.8. The van der Waals surface area contributed by atoms with Gasteiger partial charge in [-0.3, -0.25) is 0 Å². The van der Waals surface area contributed by atoms with Gasteiger partial charge in [0.2, 0.25) is 0 Å². The zero-order valence-electron chi connectivity index (χ0n) is 9.97. The van der Waals surface area contributed by atoms with Crippen LogP contribution < -0.4 is 0 Å². The van der Waals surface area contributed by atoms with Crippen molar-refractivity contribution in [2.24, 2.45) is 0 Å². The Bertz CT molecular complexity index is 206. The van der Waals surface area contributed by atoms with E-state index >= 15 is 0 Å². The van der Waals surface area contributed by atoms with Crippen molar-refractivity contribution in [3.8, 4) is 0 Å². The van der Waals surface area contributed by atoms with E-state index in [9.17, 15) is 0 Å². The van der Waals surface area contributed by atoms with Crippen molar-refractivity contribution in [3.05, 3.63) is 36.0 Å². The molecule has 0 unspecified atom stereocenters. The van der Waals surface area contributed by atoms with E-state index in [0.29, 0.717) is 0 Å². The standard InChI is InChI=1S/C12H18.C2H6/c1-3-8-12-10-7-5-6-9-11(12)4-2;1-2/h3-4,8H,1,5-7,9-10H2,2H3;1-2H3/b11-4-,12-8-;. The molecule has 0 aliphatic heterocycles. The molecule has 0 nitrogen and oxygen atoms in total. The minimum absolute atomic E-state index is 1.24. The molecule has 0 aromatic heterocycles. The van der Waals surface area contributed by atoms with Crippen molar-refractivity contribution in [2.75, 3.05) is 0 Å². The molecule has 1 aliphatic carbocycles. The van der Waals surface area contributed by atoms with Crippen LogP contribution in [-0.2, 0) is 0 Å². The van der Waals surface area contributed by atoms with E-state index in [4.69, 9.17) is 0 Å². The molecule has 0 saturated heterocycles. The molecule has 0 atom stereocenters. The second-order valence-electron chi connectivity index (χ2n) is 3.30. The van der Waals surface area contributed by atoms with Gasteiger partial charge < -0.3 is 0 Å². The third-order valence-electron chi connectivity index (χ3n) is 2.47. The van der Waals surface area contributed by atoms with Gasteiger partial charge in [-0.1, -0.05) is 45.1 Å². The minimum Gasteiger partial charge on any atom is -0.0991 e. The molecule has 1 fully saturated rings. The molecule has 1 aliphatic rings. The Balaban J connectivity index is 0.000000791. The molecule has 0 bridgehead atoms. The van der Waals surface area contributed by atoms with Gasteiger partial charge in [0.15, 0.2) is 0 Å². The molecule has 0 aromatic carbocycles. The van der Waals surface area contributed by atoms with Crippen LogP contribution in [0.5, 0.6) is 0 Å². The van der Waals surface area contributed by atoms with Gasteiger partial charge in [0.05, 0.1) is 0 Å². The molecule has 0 heterocycles. The Kier molecular flexibility index (Phi) is 8.31. The highest BCUT2D eigenvalue weighted by molar-refractivity contribution is 5.33. The third-order valence-corrected chi connectivity index (χ3v) is 2.47. The maximum Gasteiger partial charge on any atom is -0.0276 e. The average Bonchev–Trinajstić information content (AvgIpc) is 2.47. The number of rotatable bonds is 1. The summed E-state index contributed by atoms with van der Waals surface area (Å²) in [5.74, 6) is 0. The van der Waals surface area contributed by atoms with Gasteiger partial charge >= 0.3 is 0 Å². The predicted octanol–water partition coefficient (Wildman–Crippen LogP) is 5.04. The lowest BCUT2D eigenvalue weighted by molar-refractivity contribution is 0.719. The van der Waals surface area contributed by atoms with Crippen LogP contribution in [0.4, 0.5) is 0 Å². The highest BCUT2D eigenvalue weighted by Gasteiger charge is 2.07. The summed E-state index contributed by atoms with van der Waals surface area (Å²) >= 11 is 0. The summed E-state index contributed by atoms with van der Waals surface area (Å²) in [6.45, 7) is 9.89. The van der Waals surface area contributed by atoms with Gasteiger partial charge in [-0.25, -0.2) is 0 Å². The maximum absolute atomic E-state index is 3.75. The van der Waals surface area contributed by atoms with E-state index in [1.807, 2.05) is 19.9 Å². The number of hydrogen-bond acceptors (Lipinski definition) is 0. The molecule has 0 N–H and O–H groups in total. The second-order valence-corrected chi connectivity index (χ2v) is 3.30. The Morgan fingerprint density at radius 2 is 1.57 bits per heavy atom. The normalized spacial score (nSPS) is 22.5. The molecule has 0 amide bonds. The molecule has 1 rings (SSSR count). The lowest BCUT2D eigenvalue weighted by Gasteiger charge is -2.05. The fourth-order valence-corrected chi connectivity index (χ4v) is 1.79. The third kappa shape index (κ3) is 4.45. The fraction of sp³-hybridized carbons (Fsp3) is 0.571. The van der Waals surface area contributed by atoms with Crippen molar-refractivity contribution < 1.29 is 0 Å². The Morgan fingerprint density at radius 3 is 2.07 bits per heavy atom. The number of hydrogen-bond donors (Lipinski definition) is 0. The molecule has 80 valence electrons. The summed E-state index contributed by atoms with van der Waals surface area (Å²) in [7, 11) is 0. The van der Waals surface area contributed by atoms with E-state index in [0.717, 1.165) is 0 Å². The predicted molar refractivity (Wildman–Crippen MR) is 66.5 cm³/mol. The van der Waals surface area contributed by atoms with E-state index in [1.54, 1.807) is 0 Å². The van der Waals surface area contributed by atoms with Crippen molar-refractivity contribution in [1.29, 1.82) is 0 Å². The van der Waals surface area contributed by atoms with Crippen molar-refractivity contribution in [2.45, 2.75) is 52.9 Å². The average molecular weight is 192 g/mol. The fourth-order valence-electron chi connectivity index (χ4n) is 1.79. The molecule has 0 radical (unpaired) electrons. The monoisotopic (exact) mass is 192 g/mol. The highest BCUT2D eigenvalue weighted by Crippen LogP contribution is 2.27. The maximum atomic E-state index is 3.75. The van der Waals surface area contributed by atoms with Gasteiger partial charge in [-0.2, -0.15) is 0 Å². The second kappa shape index (κ2) is 8.80. The molecular weight excluding hydrogens is 168 g/mol. The topological polar surface area (TPSA) is 0 Å². The van der Waals surface area contributed by atoms with Crippen LogP contribution in [0.3, 0.4) is 0 Å². The van der Waals surface area contributed by atoms with E-state index < -0.39 is 0 Å².